The molecule has 1 saturated carbocycles. The summed E-state index contributed by atoms with van der Waals surface area (Å²) in [7, 11) is 0. The van der Waals surface area contributed by atoms with Crippen molar-refractivity contribution < 1.29 is 19.1 Å². The molecule has 6 heteroatoms. The summed E-state index contributed by atoms with van der Waals surface area (Å²) < 4.78 is 4.89. The lowest BCUT2D eigenvalue weighted by Gasteiger charge is -2.40. The predicted octanol–water partition coefficient (Wildman–Crippen LogP) is 1.72. The van der Waals surface area contributed by atoms with Crippen LogP contribution in [0.2, 0.25) is 0 Å². The van der Waals surface area contributed by atoms with Gasteiger partial charge in [0.25, 0.3) is 0 Å². The van der Waals surface area contributed by atoms with Crippen molar-refractivity contribution >= 4 is 12.0 Å². The zero-order valence-corrected chi connectivity index (χ0v) is 10.6. The number of hydrogen-bond acceptors (Lipinski definition) is 3. The van der Waals surface area contributed by atoms with Crippen molar-refractivity contribution in [3.8, 4) is 0 Å². The largest absolute Gasteiger partial charge is 0.481 e. The van der Waals surface area contributed by atoms with Gasteiger partial charge >= 0.3 is 12.0 Å². The molecule has 0 atom stereocenters. The molecular weight excluding hydrogens is 248 g/mol. The molecule has 1 aromatic heterocycles. The van der Waals surface area contributed by atoms with Crippen molar-refractivity contribution in [2.45, 2.75) is 32.2 Å². The van der Waals surface area contributed by atoms with Gasteiger partial charge in [0, 0.05) is 18.7 Å². The van der Waals surface area contributed by atoms with E-state index in [0.717, 1.165) is 24.8 Å². The van der Waals surface area contributed by atoms with Crippen LogP contribution in [0.4, 0.5) is 4.79 Å². The quantitative estimate of drug-likeness (QED) is 0.731. The number of carbonyl (C=O) groups is 2. The Morgan fingerprint density at radius 1 is 1.37 bits per heavy atom. The normalized spacial score (nSPS) is 16.4. The van der Waals surface area contributed by atoms with E-state index in [9.17, 15) is 9.59 Å². The second kappa shape index (κ2) is 5.77. The summed E-state index contributed by atoms with van der Waals surface area (Å²) in [6.45, 7) is 0.810. The minimum atomic E-state index is -0.805. The van der Waals surface area contributed by atoms with Gasteiger partial charge < -0.3 is 20.2 Å². The van der Waals surface area contributed by atoms with Crippen LogP contribution in [-0.4, -0.2) is 23.7 Å². The van der Waals surface area contributed by atoms with E-state index < -0.39 is 5.97 Å². The number of carboxylic acid groups (broad SMARTS) is 1. The molecule has 0 bridgehead atoms. The fourth-order valence-electron chi connectivity index (χ4n) is 2.32. The molecule has 1 aliphatic carbocycles. The van der Waals surface area contributed by atoms with E-state index in [-0.39, 0.29) is 17.9 Å². The van der Waals surface area contributed by atoms with Crippen LogP contribution in [0.25, 0.3) is 0 Å². The van der Waals surface area contributed by atoms with Gasteiger partial charge in [0.2, 0.25) is 0 Å². The molecule has 1 aromatic rings. The summed E-state index contributed by atoms with van der Waals surface area (Å²) >= 11 is 0. The topological polar surface area (TPSA) is 91.6 Å². The number of aliphatic carboxylic acids is 1. The molecule has 0 radical (unpaired) electrons. The summed E-state index contributed by atoms with van der Waals surface area (Å²) in [4.78, 5) is 22.4. The van der Waals surface area contributed by atoms with Crippen LogP contribution in [0, 0.1) is 5.41 Å². The molecule has 1 heterocycles. The lowest BCUT2D eigenvalue weighted by Crippen LogP contribution is -2.46. The number of hydrogen-bond donors (Lipinski definition) is 3. The Morgan fingerprint density at radius 2 is 2.16 bits per heavy atom. The van der Waals surface area contributed by atoms with E-state index in [2.05, 4.69) is 10.6 Å². The van der Waals surface area contributed by atoms with E-state index >= 15 is 0 Å². The Balaban J connectivity index is 1.72. The average molecular weight is 266 g/mol. The van der Waals surface area contributed by atoms with Gasteiger partial charge in [-0.1, -0.05) is 6.42 Å². The Bertz CT molecular complexity index is 438. The predicted molar refractivity (Wildman–Crippen MR) is 67.5 cm³/mol. The number of carbonyl (C=O) groups excluding carboxylic acids is 1. The van der Waals surface area contributed by atoms with Gasteiger partial charge in [0.05, 0.1) is 18.9 Å². The van der Waals surface area contributed by atoms with Crippen molar-refractivity contribution in [1.29, 1.82) is 0 Å². The number of furan rings is 1. The molecule has 0 aliphatic heterocycles. The Kier molecular flexibility index (Phi) is 4.09. The molecular formula is C13H18N2O4. The number of rotatable bonds is 6. The molecule has 0 aromatic carbocycles. The maximum absolute atomic E-state index is 11.6. The number of nitrogens with one attached hydrogen (secondary N) is 2. The molecule has 6 nitrogen and oxygen atoms in total. The summed E-state index contributed by atoms with van der Waals surface area (Å²) in [5.74, 6) is -0.805. The fraction of sp³-hybridized carbons (Fsp3) is 0.538. The van der Waals surface area contributed by atoms with E-state index in [1.165, 1.54) is 0 Å². The fourth-order valence-corrected chi connectivity index (χ4v) is 2.32. The molecule has 3 N–H and O–H groups in total. The third-order valence-corrected chi connectivity index (χ3v) is 3.60. The first-order valence-electron chi connectivity index (χ1n) is 6.34. The lowest BCUT2D eigenvalue weighted by molar-refractivity contribution is -0.141. The van der Waals surface area contributed by atoms with Gasteiger partial charge in [-0.25, -0.2) is 4.79 Å². The Morgan fingerprint density at radius 3 is 2.68 bits per heavy atom. The summed E-state index contributed by atoms with van der Waals surface area (Å²) in [5, 5.41) is 14.3. The van der Waals surface area contributed by atoms with Crippen molar-refractivity contribution in [1.82, 2.24) is 10.6 Å². The zero-order valence-electron chi connectivity index (χ0n) is 10.6. The first kappa shape index (κ1) is 13.5. The van der Waals surface area contributed by atoms with Crippen molar-refractivity contribution in [2.24, 2.45) is 5.41 Å². The molecule has 1 aliphatic rings. The van der Waals surface area contributed by atoms with Crippen LogP contribution in [0.5, 0.6) is 0 Å². The smallest absolute Gasteiger partial charge is 0.315 e. The molecule has 19 heavy (non-hydrogen) atoms. The van der Waals surface area contributed by atoms with Gasteiger partial charge in [-0.15, -0.1) is 0 Å². The molecule has 0 saturated heterocycles. The standard InChI is InChI=1S/C13H18N2O4/c16-11(17)6-13(3-1-4-13)9-15-12(18)14-7-10-2-5-19-8-10/h2,5,8H,1,3-4,6-7,9H2,(H,16,17)(H2,14,15,18). The molecule has 0 unspecified atom stereocenters. The SMILES string of the molecule is O=C(O)CC1(CNC(=O)NCc2ccoc2)CCC1. The van der Waals surface area contributed by atoms with Gasteiger partial charge in [0.15, 0.2) is 0 Å². The third kappa shape index (κ3) is 3.74. The van der Waals surface area contributed by atoms with E-state index in [1.807, 2.05) is 0 Å². The van der Waals surface area contributed by atoms with Gasteiger partial charge in [-0.3, -0.25) is 4.79 Å². The highest BCUT2D eigenvalue weighted by molar-refractivity contribution is 5.74. The molecule has 2 amide bonds. The van der Waals surface area contributed by atoms with Gasteiger partial charge in [-0.05, 0) is 24.3 Å². The Hall–Kier alpha value is -1.98. The second-order valence-electron chi connectivity index (χ2n) is 5.09. The van der Waals surface area contributed by atoms with E-state index in [0.29, 0.717) is 13.1 Å². The van der Waals surface area contributed by atoms with Crippen LogP contribution in [0.3, 0.4) is 0 Å². The van der Waals surface area contributed by atoms with Crippen molar-refractivity contribution in [2.75, 3.05) is 6.54 Å². The summed E-state index contributed by atoms with van der Waals surface area (Å²) in [5.41, 5.74) is 0.637. The summed E-state index contributed by atoms with van der Waals surface area (Å²) in [6.07, 6.45) is 5.99. The average Bonchev–Trinajstić information content (AvgIpc) is 2.82. The third-order valence-electron chi connectivity index (χ3n) is 3.60. The number of urea groups is 1. The van der Waals surface area contributed by atoms with Crippen molar-refractivity contribution in [3.63, 3.8) is 0 Å². The minimum Gasteiger partial charge on any atom is -0.481 e. The zero-order chi connectivity index (χ0) is 13.7. The van der Waals surface area contributed by atoms with Crippen LogP contribution in [-0.2, 0) is 11.3 Å². The maximum Gasteiger partial charge on any atom is 0.315 e. The van der Waals surface area contributed by atoms with Gasteiger partial charge in [0.1, 0.15) is 0 Å². The maximum atomic E-state index is 11.6. The monoisotopic (exact) mass is 266 g/mol. The van der Waals surface area contributed by atoms with Crippen LogP contribution in [0.15, 0.2) is 23.0 Å². The first-order valence-corrected chi connectivity index (χ1v) is 6.34. The molecule has 0 spiro atoms. The molecule has 2 rings (SSSR count). The molecule has 1 fully saturated rings. The summed E-state index contributed by atoms with van der Waals surface area (Å²) in [6, 6.07) is 1.50. The minimum absolute atomic E-state index is 0.120. The highest BCUT2D eigenvalue weighted by atomic mass is 16.4. The highest BCUT2D eigenvalue weighted by Crippen LogP contribution is 2.43. The lowest BCUT2D eigenvalue weighted by atomic mass is 9.66. The van der Waals surface area contributed by atoms with E-state index in [1.54, 1.807) is 18.6 Å². The van der Waals surface area contributed by atoms with Crippen LogP contribution < -0.4 is 10.6 Å². The Labute approximate surface area is 111 Å². The number of carboxylic acids is 1. The van der Waals surface area contributed by atoms with Crippen LogP contribution in [0.1, 0.15) is 31.2 Å². The second-order valence-corrected chi connectivity index (χ2v) is 5.09. The highest BCUT2D eigenvalue weighted by Gasteiger charge is 2.39. The number of amides is 2. The van der Waals surface area contributed by atoms with E-state index in [4.69, 9.17) is 9.52 Å². The first-order chi connectivity index (χ1) is 9.10. The van der Waals surface area contributed by atoms with Gasteiger partial charge in [-0.2, -0.15) is 0 Å². The molecule has 104 valence electrons. The van der Waals surface area contributed by atoms with Crippen LogP contribution >= 0.6 is 0 Å². The van der Waals surface area contributed by atoms with Crippen molar-refractivity contribution in [3.05, 3.63) is 24.2 Å².